The van der Waals surface area contributed by atoms with Gasteiger partial charge in [0.2, 0.25) is 0 Å². The van der Waals surface area contributed by atoms with Crippen molar-refractivity contribution in [3.63, 3.8) is 0 Å². The van der Waals surface area contributed by atoms with E-state index in [2.05, 4.69) is 0 Å². The van der Waals surface area contributed by atoms with Gasteiger partial charge < -0.3 is 15.2 Å². The highest BCUT2D eigenvalue weighted by Crippen LogP contribution is 2.23. The standard InChI is InChI=1S/C10H14ClNO2/c1-2-13-5-6-14-8-3-4-10(12)9(11)7-8/h3-4,7H,2,5-6,12H2,1H3. The molecule has 0 aromatic heterocycles. The first kappa shape index (κ1) is 11.1. The van der Waals surface area contributed by atoms with Crippen molar-refractivity contribution in [2.45, 2.75) is 6.92 Å². The molecule has 0 aliphatic carbocycles. The third-order valence-electron chi connectivity index (χ3n) is 1.67. The van der Waals surface area contributed by atoms with E-state index < -0.39 is 0 Å². The Morgan fingerprint density at radius 2 is 2.14 bits per heavy atom. The van der Waals surface area contributed by atoms with Gasteiger partial charge >= 0.3 is 0 Å². The minimum atomic E-state index is 0.513. The maximum atomic E-state index is 5.82. The third kappa shape index (κ3) is 3.44. The van der Waals surface area contributed by atoms with Gasteiger partial charge in [-0.3, -0.25) is 0 Å². The molecular formula is C10H14ClNO2. The largest absolute Gasteiger partial charge is 0.491 e. The van der Waals surface area contributed by atoms with Crippen LogP contribution < -0.4 is 10.5 Å². The molecule has 3 nitrogen and oxygen atoms in total. The second-order valence-corrected chi connectivity index (χ2v) is 3.14. The lowest BCUT2D eigenvalue weighted by Crippen LogP contribution is -2.06. The number of nitrogen functional groups attached to an aromatic ring is 1. The predicted octanol–water partition coefficient (Wildman–Crippen LogP) is 2.34. The number of hydrogen-bond donors (Lipinski definition) is 1. The van der Waals surface area contributed by atoms with Crippen molar-refractivity contribution in [2.75, 3.05) is 25.6 Å². The van der Waals surface area contributed by atoms with E-state index in [0.29, 0.717) is 36.3 Å². The second kappa shape index (κ2) is 5.73. The molecule has 0 heterocycles. The maximum absolute atomic E-state index is 5.82. The summed E-state index contributed by atoms with van der Waals surface area (Å²) in [6, 6.07) is 5.20. The molecule has 4 heteroatoms. The van der Waals surface area contributed by atoms with Crippen molar-refractivity contribution in [3.8, 4) is 5.75 Å². The van der Waals surface area contributed by atoms with Crippen LogP contribution in [0.5, 0.6) is 5.75 Å². The van der Waals surface area contributed by atoms with Crippen LogP contribution >= 0.6 is 11.6 Å². The molecule has 1 aromatic rings. The highest BCUT2D eigenvalue weighted by atomic mass is 35.5. The van der Waals surface area contributed by atoms with Crippen LogP contribution in [0.4, 0.5) is 5.69 Å². The Morgan fingerprint density at radius 1 is 1.36 bits per heavy atom. The zero-order chi connectivity index (χ0) is 10.4. The Morgan fingerprint density at radius 3 is 2.79 bits per heavy atom. The van der Waals surface area contributed by atoms with Gasteiger partial charge in [-0.1, -0.05) is 11.6 Å². The molecule has 2 N–H and O–H groups in total. The fourth-order valence-electron chi connectivity index (χ4n) is 0.960. The van der Waals surface area contributed by atoms with Crippen molar-refractivity contribution in [1.82, 2.24) is 0 Å². The van der Waals surface area contributed by atoms with Gasteiger partial charge in [-0.25, -0.2) is 0 Å². The van der Waals surface area contributed by atoms with Crippen LogP contribution in [0.25, 0.3) is 0 Å². The van der Waals surface area contributed by atoms with E-state index >= 15 is 0 Å². The average molecular weight is 216 g/mol. The van der Waals surface area contributed by atoms with E-state index in [-0.39, 0.29) is 0 Å². The van der Waals surface area contributed by atoms with Crippen molar-refractivity contribution in [1.29, 1.82) is 0 Å². The zero-order valence-corrected chi connectivity index (χ0v) is 8.88. The monoisotopic (exact) mass is 215 g/mol. The molecule has 0 aliphatic rings. The lowest BCUT2D eigenvalue weighted by Gasteiger charge is -2.07. The summed E-state index contributed by atoms with van der Waals surface area (Å²) in [6.45, 7) is 3.75. The van der Waals surface area contributed by atoms with Crippen LogP contribution in [0.1, 0.15) is 6.92 Å². The molecule has 0 aliphatic heterocycles. The Balaban J connectivity index is 2.39. The molecule has 0 atom stereocenters. The lowest BCUT2D eigenvalue weighted by molar-refractivity contribution is 0.110. The van der Waals surface area contributed by atoms with Gasteiger partial charge in [-0.2, -0.15) is 0 Å². The highest BCUT2D eigenvalue weighted by molar-refractivity contribution is 6.33. The predicted molar refractivity (Wildman–Crippen MR) is 57.9 cm³/mol. The first-order valence-corrected chi connectivity index (χ1v) is 4.87. The first-order chi connectivity index (χ1) is 6.74. The Hall–Kier alpha value is -0.930. The van der Waals surface area contributed by atoms with Gasteiger partial charge in [-0.15, -0.1) is 0 Å². The summed E-state index contributed by atoms with van der Waals surface area (Å²) in [6.07, 6.45) is 0. The number of anilines is 1. The summed E-state index contributed by atoms with van der Waals surface area (Å²) in [5.41, 5.74) is 6.11. The first-order valence-electron chi connectivity index (χ1n) is 4.49. The molecule has 1 aromatic carbocycles. The minimum Gasteiger partial charge on any atom is -0.491 e. The van der Waals surface area contributed by atoms with Crippen molar-refractivity contribution in [2.24, 2.45) is 0 Å². The fraction of sp³-hybridized carbons (Fsp3) is 0.400. The molecule has 0 spiro atoms. The molecule has 14 heavy (non-hydrogen) atoms. The van der Waals surface area contributed by atoms with Crippen LogP contribution in [0, 0.1) is 0 Å². The summed E-state index contributed by atoms with van der Waals surface area (Å²) in [5.74, 6) is 0.712. The van der Waals surface area contributed by atoms with Gasteiger partial charge in [0.05, 0.1) is 17.3 Å². The molecule has 0 radical (unpaired) electrons. The summed E-state index contributed by atoms with van der Waals surface area (Å²) >= 11 is 5.82. The number of ether oxygens (including phenoxy) is 2. The lowest BCUT2D eigenvalue weighted by atomic mass is 10.3. The number of nitrogens with two attached hydrogens (primary N) is 1. The van der Waals surface area contributed by atoms with Gasteiger partial charge in [0.15, 0.2) is 0 Å². The smallest absolute Gasteiger partial charge is 0.121 e. The zero-order valence-electron chi connectivity index (χ0n) is 8.13. The molecule has 0 saturated carbocycles. The highest BCUT2D eigenvalue weighted by Gasteiger charge is 1.98. The van der Waals surface area contributed by atoms with Crippen LogP contribution in [-0.4, -0.2) is 19.8 Å². The quantitative estimate of drug-likeness (QED) is 0.606. The van der Waals surface area contributed by atoms with Gasteiger partial charge in [-0.05, 0) is 19.1 Å². The summed E-state index contributed by atoms with van der Waals surface area (Å²) in [7, 11) is 0. The summed E-state index contributed by atoms with van der Waals surface area (Å²) in [5, 5.41) is 0.513. The Kier molecular flexibility index (Phi) is 4.56. The van der Waals surface area contributed by atoms with Crippen LogP contribution in [0.15, 0.2) is 18.2 Å². The van der Waals surface area contributed by atoms with Crippen LogP contribution in [-0.2, 0) is 4.74 Å². The Bertz CT molecular complexity index is 291. The topological polar surface area (TPSA) is 44.5 Å². The number of halogens is 1. The molecule has 0 bridgehead atoms. The van der Waals surface area contributed by atoms with Crippen molar-refractivity contribution in [3.05, 3.63) is 23.2 Å². The van der Waals surface area contributed by atoms with Crippen molar-refractivity contribution < 1.29 is 9.47 Å². The van der Waals surface area contributed by atoms with Gasteiger partial charge in [0.25, 0.3) is 0 Å². The van der Waals surface area contributed by atoms with E-state index in [9.17, 15) is 0 Å². The van der Waals surface area contributed by atoms with Crippen LogP contribution in [0.2, 0.25) is 5.02 Å². The molecule has 0 unspecified atom stereocenters. The maximum Gasteiger partial charge on any atom is 0.121 e. The third-order valence-corrected chi connectivity index (χ3v) is 2.00. The molecule has 78 valence electrons. The summed E-state index contributed by atoms with van der Waals surface area (Å²) < 4.78 is 10.5. The molecular weight excluding hydrogens is 202 g/mol. The molecule has 1 rings (SSSR count). The van der Waals surface area contributed by atoms with Crippen LogP contribution in [0.3, 0.4) is 0 Å². The van der Waals surface area contributed by atoms with Crippen molar-refractivity contribution >= 4 is 17.3 Å². The Labute approximate surface area is 88.8 Å². The SMILES string of the molecule is CCOCCOc1ccc(N)c(Cl)c1. The number of hydrogen-bond acceptors (Lipinski definition) is 3. The van der Waals surface area contributed by atoms with E-state index in [1.165, 1.54) is 0 Å². The van der Waals surface area contributed by atoms with E-state index in [0.717, 1.165) is 0 Å². The minimum absolute atomic E-state index is 0.513. The number of rotatable bonds is 5. The summed E-state index contributed by atoms with van der Waals surface area (Å²) in [4.78, 5) is 0. The van der Waals surface area contributed by atoms with E-state index in [1.54, 1.807) is 18.2 Å². The molecule has 0 fully saturated rings. The normalized spacial score (nSPS) is 10.1. The van der Waals surface area contributed by atoms with Gasteiger partial charge in [0.1, 0.15) is 12.4 Å². The van der Waals surface area contributed by atoms with E-state index in [4.69, 9.17) is 26.8 Å². The molecule has 0 saturated heterocycles. The molecule has 0 amide bonds. The fourth-order valence-corrected chi connectivity index (χ4v) is 1.13. The van der Waals surface area contributed by atoms with Gasteiger partial charge in [0, 0.05) is 12.7 Å². The second-order valence-electron chi connectivity index (χ2n) is 2.73. The van der Waals surface area contributed by atoms with E-state index in [1.807, 2.05) is 6.92 Å². The average Bonchev–Trinajstić information content (AvgIpc) is 2.18. The number of benzene rings is 1.